The zero-order chi connectivity index (χ0) is 15.2. The van der Waals surface area contributed by atoms with Crippen LogP contribution in [0.15, 0.2) is 42.7 Å². The Labute approximate surface area is 123 Å². The van der Waals surface area contributed by atoms with Gasteiger partial charge in [-0.2, -0.15) is 0 Å². The van der Waals surface area contributed by atoms with Gasteiger partial charge in [0.15, 0.2) is 0 Å². The van der Waals surface area contributed by atoms with Crippen LogP contribution in [-0.4, -0.2) is 29.3 Å². The van der Waals surface area contributed by atoms with Crippen LogP contribution >= 0.6 is 0 Å². The number of hydrogen-bond donors (Lipinski definition) is 2. The van der Waals surface area contributed by atoms with Gasteiger partial charge in [-0.25, -0.2) is 4.39 Å². The van der Waals surface area contributed by atoms with E-state index in [9.17, 15) is 4.39 Å². The van der Waals surface area contributed by atoms with Crippen molar-refractivity contribution in [3.8, 4) is 0 Å². The Morgan fingerprint density at radius 1 is 1.24 bits per heavy atom. The molecule has 0 atom stereocenters. The second-order valence-electron chi connectivity index (χ2n) is 5.11. The monoisotopic (exact) mass is 286 g/mol. The summed E-state index contributed by atoms with van der Waals surface area (Å²) < 4.78 is 13.5. The van der Waals surface area contributed by atoms with Crippen LogP contribution in [0.25, 0.3) is 0 Å². The predicted molar refractivity (Wildman–Crippen MR) is 81.7 cm³/mol. The van der Waals surface area contributed by atoms with Gasteiger partial charge in [0.2, 0.25) is 0 Å². The highest BCUT2D eigenvalue weighted by Crippen LogP contribution is 2.11. The molecule has 5 heteroatoms. The number of rotatable bonds is 6. The summed E-state index contributed by atoms with van der Waals surface area (Å²) >= 11 is 0. The lowest BCUT2D eigenvalue weighted by molar-refractivity contribution is 0.330. The molecule has 21 heavy (non-hydrogen) atoms. The average Bonchev–Trinajstić information content (AvgIpc) is 2.45. The summed E-state index contributed by atoms with van der Waals surface area (Å²) in [4.78, 5) is 6.10. The maximum atomic E-state index is 13.5. The first-order chi connectivity index (χ1) is 10.0. The zero-order valence-electron chi connectivity index (χ0n) is 12.0. The summed E-state index contributed by atoms with van der Waals surface area (Å²) in [5.74, 6) is -0.476. The van der Waals surface area contributed by atoms with Crippen molar-refractivity contribution in [2.75, 3.05) is 13.6 Å². The molecule has 1 aromatic heterocycles. The molecule has 0 saturated heterocycles. The molecule has 0 saturated carbocycles. The number of aromatic nitrogens is 1. The van der Waals surface area contributed by atoms with Gasteiger partial charge in [-0.15, -0.1) is 0 Å². The number of halogens is 1. The van der Waals surface area contributed by atoms with Crippen molar-refractivity contribution in [1.29, 1.82) is 5.41 Å². The van der Waals surface area contributed by atoms with E-state index in [1.165, 1.54) is 17.7 Å². The highest BCUT2D eigenvalue weighted by molar-refractivity contribution is 5.95. The molecule has 0 aliphatic rings. The Kier molecular flexibility index (Phi) is 5.00. The van der Waals surface area contributed by atoms with Gasteiger partial charge in [-0.05, 0) is 54.9 Å². The topological polar surface area (TPSA) is 66.0 Å². The third-order valence-corrected chi connectivity index (χ3v) is 3.25. The molecule has 1 heterocycles. The number of nitrogens with zero attached hydrogens (tertiary/aromatic N) is 2. The minimum absolute atomic E-state index is 0.116. The van der Waals surface area contributed by atoms with E-state index in [0.29, 0.717) is 12.1 Å². The first kappa shape index (κ1) is 15.1. The molecule has 0 amide bonds. The summed E-state index contributed by atoms with van der Waals surface area (Å²) in [6.45, 7) is 1.47. The summed E-state index contributed by atoms with van der Waals surface area (Å²) in [5, 5.41) is 7.40. The van der Waals surface area contributed by atoms with Crippen LogP contribution in [-0.2, 0) is 13.0 Å². The van der Waals surface area contributed by atoms with Crippen molar-refractivity contribution >= 4 is 5.84 Å². The lowest BCUT2D eigenvalue weighted by atomic mass is 10.1. The Bertz CT molecular complexity index is 613. The maximum absolute atomic E-state index is 13.5. The molecule has 0 fully saturated rings. The second kappa shape index (κ2) is 6.95. The quantitative estimate of drug-likeness (QED) is 0.632. The number of benzene rings is 1. The van der Waals surface area contributed by atoms with Crippen LogP contribution in [0.4, 0.5) is 4.39 Å². The molecular formula is C16H19FN4. The Balaban J connectivity index is 1.96. The van der Waals surface area contributed by atoms with E-state index in [1.54, 1.807) is 18.5 Å². The van der Waals surface area contributed by atoms with Crippen molar-refractivity contribution in [3.05, 3.63) is 65.2 Å². The van der Waals surface area contributed by atoms with E-state index in [0.717, 1.165) is 18.5 Å². The lowest BCUT2D eigenvalue weighted by Gasteiger charge is -2.17. The van der Waals surface area contributed by atoms with E-state index >= 15 is 0 Å². The molecule has 2 aromatic rings. The van der Waals surface area contributed by atoms with Crippen molar-refractivity contribution in [2.45, 2.75) is 13.0 Å². The predicted octanol–water partition coefficient (Wildman–Crippen LogP) is 2.18. The smallest absolute Gasteiger partial charge is 0.124 e. The largest absolute Gasteiger partial charge is 0.384 e. The molecule has 3 N–H and O–H groups in total. The molecule has 4 nitrogen and oxygen atoms in total. The van der Waals surface area contributed by atoms with Crippen LogP contribution in [0.2, 0.25) is 0 Å². The summed E-state index contributed by atoms with van der Waals surface area (Å²) in [6, 6.07) is 8.50. The molecule has 110 valence electrons. The van der Waals surface area contributed by atoms with E-state index in [-0.39, 0.29) is 11.7 Å². The van der Waals surface area contributed by atoms with E-state index in [2.05, 4.69) is 9.88 Å². The number of nitrogens with one attached hydrogen (secondary N) is 1. The minimum Gasteiger partial charge on any atom is -0.384 e. The van der Waals surface area contributed by atoms with Crippen LogP contribution in [0, 0.1) is 11.2 Å². The van der Waals surface area contributed by atoms with Crippen LogP contribution in [0.1, 0.15) is 16.7 Å². The van der Waals surface area contributed by atoms with Gasteiger partial charge in [-0.3, -0.25) is 10.4 Å². The zero-order valence-corrected chi connectivity index (χ0v) is 12.0. The number of pyridine rings is 1. The number of nitrogens with two attached hydrogens (primary N) is 1. The van der Waals surface area contributed by atoms with Gasteiger partial charge in [-0.1, -0.05) is 0 Å². The normalized spacial score (nSPS) is 10.8. The van der Waals surface area contributed by atoms with Crippen molar-refractivity contribution in [3.63, 3.8) is 0 Å². The fraction of sp³-hybridized carbons (Fsp3) is 0.250. The molecular weight excluding hydrogens is 267 g/mol. The highest BCUT2D eigenvalue weighted by atomic mass is 19.1. The first-order valence-corrected chi connectivity index (χ1v) is 6.76. The average molecular weight is 286 g/mol. The number of nitrogen functional groups attached to an aromatic ring is 1. The lowest BCUT2D eigenvalue weighted by Crippen LogP contribution is -2.21. The molecule has 0 aliphatic carbocycles. The van der Waals surface area contributed by atoms with Crippen LogP contribution in [0.5, 0.6) is 0 Å². The minimum atomic E-state index is -0.361. The fourth-order valence-corrected chi connectivity index (χ4v) is 2.16. The van der Waals surface area contributed by atoms with E-state index in [4.69, 9.17) is 11.1 Å². The number of hydrogen-bond acceptors (Lipinski definition) is 3. The van der Waals surface area contributed by atoms with Gasteiger partial charge in [0.1, 0.15) is 11.7 Å². The van der Waals surface area contributed by atoms with E-state index < -0.39 is 0 Å². The Morgan fingerprint density at radius 2 is 1.95 bits per heavy atom. The first-order valence-electron chi connectivity index (χ1n) is 6.76. The van der Waals surface area contributed by atoms with Gasteiger partial charge in [0.25, 0.3) is 0 Å². The highest BCUT2D eigenvalue weighted by Gasteiger charge is 2.06. The third-order valence-electron chi connectivity index (χ3n) is 3.25. The van der Waals surface area contributed by atoms with Gasteiger partial charge >= 0.3 is 0 Å². The SMILES string of the molecule is CN(CCc1ccncc1)Cc1cc(F)cc(C(=N)N)c1. The summed E-state index contributed by atoms with van der Waals surface area (Å²) in [7, 11) is 1.99. The summed E-state index contributed by atoms with van der Waals surface area (Å²) in [6.07, 6.45) is 4.47. The number of amidine groups is 1. The molecule has 0 unspecified atom stereocenters. The van der Waals surface area contributed by atoms with Gasteiger partial charge in [0, 0.05) is 31.0 Å². The molecule has 0 radical (unpaired) electrons. The Hall–Kier alpha value is -2.27. The molecule has 0 bridgehead atoms. The maximum Gasteiger partial charge on any atom is 0.124 e. The second-order valence-corrected chi connectivity index (χ2v) is 5.11. The van der Waals surface area contributed by atoms with Crippen molar-refractivity contribution in [1.82, 2.24) is 9.88 Å². The van der Waals surface area contributed by atoms with Crippen LogP contribution < -0.4 is 5.73 Å². The molecule has 2 rings (SSSR count). The molecule has 0 spiro atoms. The van der Waals surface area contributed by atoms with Crippen LogP contribution in [0.3, 0.4) is 0 Å². The fourth-order valence-electron chi connectivity index (χ4n) is 2.16. The van der Waals surface area contributed by atoms with Gasteiger partial charge < -0.3 is 10.6 Å². The van der Waals surface area contributed by atoms with Gasteiger partial charge in [0.05, 0.1) is 0 Å². The number of likely N-dealkylation sites (N-methyl/N-ethyl adjacent to an activating group) is 1. The summed E-state index contributed by atoms with van der Waals surface area (Å²) in [5.41, 5.74) is 7.88. The van der Waals surface area contributed by atoms with E-state index in [1.807, 2.05) is 19.2 Å². The third kappa shape index (κ3) is 4.65. The van der Waals surface area contributed by atoms with Crippen molar-refractivity contribution in [2.24, 2.45) is 5.73 Å². The molecule has 1 aromatic carbocycles. The van der Waals surface area contributed by atoms with Crippen molar-refractivity contribution < 1.29 is 4.39 Å². The Morgan fingerprint density at radius 3 is 2.62 bits per heavy atom. The molecule has 0 aliphatic heterocycles. The standard InChI is InChI=1S/C16H19FN4/c1-21(7-4-12-2-5-20-6-3-12)11-13-8-14(16(18)19)10-15(17)9-13/h2-3,5-6,8-10H,4,7,11H2,1H3,(H3,18,19).